The second-order valence-electron chi connectivity index (χ2n) is 5.72. The van der Waals surface area contributed by atoms with Crippen molar-refractivity contribution in [2.45, 2.75) is 45.1 Å². The fourth-order valence-corrected chi connectivity index (χ4v) is 2.68. The largest absolute Gasteiger partial charge is 0.356 e. The first-order chi connectivity index (χ1) is 10.8. The molecule has 0 radical (unpaired) electrons. The zero-order valence-electron chi connectivity index (χ0n) is 13.3. The monoisotopic (exact) mass is 301 g/mol. The van der Waals surface area contributed by atoms with E-state index in [1.54, 1.807) is 0 Å². The van der Waals surface area contributed by atoms with E-state index in [1.807, 2.05) is 0 Å². The Bertz CT molecular complexity index is 576. The van der Waals surface area contributed by atoms with Crippen LogP contribution in [-0.4, -0.2) is 23.6 Å². The summed E-state index contributed by atoms with van der Waals surface area (Å²) in [7, 11) is 0. The van der Waals surface area contributed by atoms with Gasteiger partial charge in [-0.25, -0.2) is 0 Å². The number of hydrogen-bond acceptors (Lipinski definition) is 2. The number of nitrogens with one attached hydrogen (secondary N) is 1. The van der Waals surface area contributed by atoms with Gasteiger partial charge >= 0.3 is 0 Å². The molecule has 0 bridgehead atoms. The molecule has 1 heterocycles. The Hall–Kier alpha value is -1.81. The van der Waals surface area contributed by atoms with Crippen molar-refractivity contribution in [2.24, 2.45) is 5.73 Å². The number of fused-ring (bicyclic) bond motifs is 1. The molecular formula is C18H27N3O. The highest BCUT2D eigenvalue weighted by Crippen LogP contribution is 2.15. The lowest BCUT2D eigenvalue weighted by atomic mass is 10.1. The van der Waals surface area contributed by atoms with Gasteiger partial charge in [-0.3, -0.25) is 4.79 Å². The molecule has 4 nitrogen and oxygen atoms in total. The maximum Gasteiger partial charge on any atom is 0.219 e. The van der Waals surface area contributed by atoms with Crippen LogP contribution in [-0.2, 0) is 11.3 Å². The van der Waals surface area contributed by atoms with E-state index in [1.165, 1.54) is 10.9 Å². The molecule has 0 spiro atoms. The van der Waals surface area contributed by atoms with Crippen molar-refractivity contribution < 1.29 is 4.79 Å². The summed E-state index contributed by atoms with van der Waals surface area (Å²) >= 11 is 0. The number of unbranched alkanes of at least 4 members (excludes halogenated alkanes) is 3. The van der Waals surface area contributed by atoms with Crippen molar-refractivity contribution in [1.82, 2.24) is 9.88 Å². The fourth-order valence-electron chi connectivity index (χ4n) is 2.68. The minimum Gasteiger partial charge on any atom is -0.356 e. The predicted octanol–water partition coefficient (Wildman–Crippen LogP) is 3.06. The van der Waals surface area contributed by atoms with Crippen LogP contribution in [0.4, 0.5) is 0 Å². The van der Waals surface area contributed by atoms with E-state index in [0.29, 0.717) is 6.42 Å². The Kier molecular flexibility index (Phi) is 6.97. The molecule has 1 amide bonds. The van der Waals surface area contributed by atoms with Crippen molar-refractivity contribution in [3.05, 3.63) is 36.5 Å². The molecule has 2 aromatic rings. The lowest BCUT2D eigenvalue weighted by Crippen LogP contribution is -2.24. The first kappa shape index (κ1) is 16.6. The van der Waals surface area contributed by atoms with Crippen molar-refractivity contribution in [3.8, 4) is 0 Å². The van der Waals surface area contributed by atoms with Gasteiger partial charge in [0, 0.05) is 31.2 Å². The molecule has 1 aromatic carbocycles. The van der Waals surface area contributed by atoms with E-state index in [-0.39, 0.29) is 5.91 Å². The third-order valence-electron chi connectivity index (χ3n) is 3.94. The summed E-state index contributed by atoms with van der Waals surface area (Å²) in [4.78, 5) is 11.7. The number of carbonyl (C=O) groups excluding carboxylic acids is 1. The summed E-state index contributed by atoms with van der Waals surface area (Å²) in [5.41, 5.74) is 6.70. The molecule has 0 atom stereocenters. The van der Waals surface area contributed by atoms with E-state index in [0.717, 1.165) is 51.7 Å². The van der Waals surface area contributed by atoms with Gasteiger partial charge in [0.05, 0.1) is 0 Å². The molecule has 0 saturated heterocycles. The molecule has 3 N–H and O–H groups in total. The Morgan fingerprint density at radius 2 is 1.86 bits per heavy atom. The predicted molar refractivity (Wildman–Crippen MR) is 91.7 cm³/mol. The normalized spacial score (nSPS) is 11.0. The zero-order valence-corrected chi connectivity index (χ0v) is 13.3. The Balaban J connectivity index is 1.60. The van der Waals surface area contributed by atoms with Crippen molar-refractivity contribution >= 4 is 16.8 Å². The number of hydrogen-bond donors (Lipinski definition) is 2. The van der Waals surface area contributed by atoms with Crippen molar-refractivity contribution in [2.75, 3.05) is 13.1 Å². The van der Waals surface area contributed by atoms with Crippen LogP contribution in [0.5, 0.6) is 0 Å². The maximum atomic E-state index is 11.7. The van der Waals surface area contributed by atoms with Crippen LogP contribution in [0.15, 0.2) is 36.5 Å². The maximum absolute atomic E-state index is 11.7. The van der Waals surface area contributed by atoms with Gasteiger partial charge in [0.25, 0.3) is 0 Å². The van der Waals surface area contributed by atoms with E-state index >= 15 is 0 Å². The van der Waals surface area contributed by atoms with Gasteiger partial charge in [-0.2, -0.15) is 0 Å². The minimum atomic E-state index is 0.171. The van der Waals surface area contributed by atoms with Gasteiger partial charge in [0.2, 0.25) is 5.91 Å². The minimum absolute atomic E-state index is 0.171. The molecule has 0 aliphatic rings. The van der Waals surface area contributed by atoms with Crippen LogP contribution in [0.2, 0.25) is 0 Å². The zero-order chi connectivity index (χ0) is 15.6. The lowest BCUT2D eigenvalue weighted by Gasteiger charge is -2.07. The van der Waals surface area contributed by atoms with Crippen LogP contribution in [0.25, 0.3) is 10.9 Å². The molecule has 120 valence electrons. The smallest absolute Gasteiger partial charge is 0.219 e. The number of carbonyl (C=O) groups is 1. The average molecular weight is 301 g/mol. The number of amides is 1. The van der Waals surface area contributed by atoms with Gasteiger partial charge in [-0.05, 0) is 43.3 Å². The second kappa shape index (κ2) is 9.26. The lowest BCUT2D eigenvalue weighted by molar-refractivity contribution is -0.121. The van der Waals surface area contributed by atoms with Gasteiger partial charge in [0.1, 0.15) is 0 Å². The highest BCUT2D eigenvalue weighted by Gasteiger charge is 2.02. The average Bonchev–Trinajstić information content (AvgIpc) is 2.95. The van der Waals surface area contributed by atoms with E-state index in [4.69, 9.17) is 5.73 Å². The van der Waals surface area contributed by atoms with Crippen LogP contribution in [0.3, 0.4) is 0 Å². The number of aryl methyl sites for hydroxylation is 1. The van der Waals surface area contributed by atoms with Crippen LogP contribution in [0.1, 0.15) is 38.5 Å². The second-order valence-corrected chi connectivity index (χ2v) is 5.72. The van der Waals surface area contributed by atoms with E-state index in [9.17, 15) is 4.79 Å². The summed E-state index contributed by atoms with van der Waals surface area (Å²) in [5, 5.41) is 4.27. The third kappa shape index (κ3) is 5.19. The molecule has 4 heteroatoms. The highest BCUT2D eigenvalue weighted by atomic mass is 16.1. The van der Waals surface area contributed by atoms with Crippen molar-refractivity contribution in [1.29, 1.82) is 0 Å². The van der Waals surface area contributed by atoms with Crippen LogP contribution < -0.4 is 11.1 Å². The summed E-state index contributed by atoms with van der Waals surface area (Å²) in [5.74, 6) is 0.171. The highest BCUT2D eigenvalue weighted by molar-refractivity contribution is 5.79. The van der Waals surface area contributed by atoms with Gasteiger partial charge < -0.3 is 15.6 Å². The number of nitrogens with two attached hydrogens (primary N) is 1. The molecule has 0 aliphatic carbocycles. The molecule has 2 rings (SSSR count). The number of para-hydroxylation sites is 1. The summed E-state index contributed by atoms with van der Waals surface area (Å²) in [6.07, 6.45) is 7.96. The standard InChI is InChI=1S/C18H27N3O/c19-12-6-2-1-3-10-18(22)20-13-7-14-21-15-11-16-8-4-5-9-17(16)21/h4-5,8-9,11,15H,1-3,6-7,10,12-14,19H2,(H,20,22). The molecule has 1 aromatic heterocycles. The quantitative estimate of drug-likeness (QED) is 0.663. The molecular weight excluding hydrogens is 274 g/mol. The molecule has 0 aliphatic heterocycles. The van der Waals surface area contributed by atoms with Crippen LogP contribution in [0, 0.1) is 0 Å². The number of aromatic nitrogens is 1. The first-order valence-electron chi connectivity index (χ1n) is 8.32. The topological polar surface area (TPSA) is 60.1 Å². The third-order valence-corrected chi connectivity index (χ3v) is 3.94. The molecule has 0 saturated carbocycles. The fraction of sp³-hybridized carbons (Fsp3) is 0.500. The summed E-state index contributed by atoms with van der Waals surface area (Å²) < 4.78 is 2.24. The molecule has 0 unspecified atom stereocenters. The number of benzene rings is 1. The number of nitrogens with zero attached hydrogens (tertiary/aromatic N) is 1. The summed E-state index contributed by atoms with van der Waals surface area (Å²) in [6, 6.07) is 10.5. The van der Waals surface area contributed by atoms with Crippen molar-refractivity contribution in [3.63, 3.8) is 0 Å². The molecule has 0 fully saturated rings. The van der Waals surface area contributed by atoms with E-state index < -0.39 is 0 Å². The SMILES string of the molecule is NCCCCCCC(=O)NCCCn1ccc2ccccc21. The Labute approximate surface area is 132 Å². The van der Waals surface area contributed by atoms with Gasteiger partial charge in [-0.15, -0.1) is 0 Å². The Morgan fingerprint density at radius 3 is 2.73 bits per heavy atom. The molecule has 22 heavy (non-hydrogen) atoms. The first-order valence-corrected chi connectivity index (χ1v) is 8.32. The van der Waals surface area contributed by atoms with Gasteiger partial charge in [0.15, 0.2) is 0 Å². The Morgan fingerprint density at radius 1 is 1.05 bits per heavy atom. The van der Waals surface area contributed by atoms with Crippen LogP contribution >= 0.6 is 0 Å². The van der Waals surface area contributed by atoms with Gasteiger partial charge in [-0.1, -0.05) is 31.0 Å². The van der Waals surface area contributed by atoms with E-state index in [2.05, 4.69) is 46.4 Å². The number of rotatable bonds is 10. The summed E-state index contributed by atoms with van der Waals surface area (Å²) in [6.45, 7) is 2.43.